The van der Waals surface area contributed by atoms with Gasteiger partial charge in [-0.3, -0.25) is 4.99 Å². The minimum atomic E-state index is -0.280. The van der Waals surface area contributed by atoms with Crippen molar-refractivity contribution in [2.75, 3.05) is 6.61 Å². The van der Waals surface area contributed by atoms with Crippen LogP contribution in [0.4, 0.5) is 10.1 Å². The fourth-order valence-corrected chi connectivity index (χ4v) is 2.86. The minimum absolute atomic E-state index is 0.142. The van der Waals surface area contributed by atoms with E-state index < -0.39 is 0 Å². The molecule has 0 saturated carbocycles. The summed E-state index contributed by atoms with van der Waals surface area (Å²) in [5.41, 5.74) is 4.69. The number of benzene rings is 3. The normalized spacial score (nSPS) is 11.0. The van der Waals surface area contributed by atoms with Crippen molar-refractivity contribution in [2.45, 2.75) is 27.4 Å². The van der Waals surface area contributed by atoms with Crippen LogP contribution in [0.1, 0.15) is 29.2 Å². The van der Waals surface area contributed by atoms with Gasteiger partial charge >= 0.3 is 0 Å². The van der Waals surface area contributed by atoms with Crippen LogP contribution in [0, 0.1) is 19.7 Å². The molecule has 3 aromatic rings. The Labute approximate surface area is 165 Å². The molecule has 0 heterocycles. The van der Waals surface area contributed by atoms with Crippen molar-refractivity contribution in [2.24, 2.45) is 4.99 Å². The lowest BCUT2D eigenvalue weighted by Crippen LogP contribution is -2.01. The molecule has 0 aliphatic heterocycles. The highest BCUT2D eigenvalue weighted by molar-refractivity contribution is 5.83. The molecule has 0 spiro atoms. The highest BCUT2D eigenvalue weighted by Gasteiger charge is 2.08. The second-order valence-electron chi connectivity index (χ2n) is 6.57. The third kappa shape index (κ3) is 4.97. The second-order valence-corrected chi connectivity index (χ2v) is 6.57. The van der Waals surface area contributed by atoms with Crippen molar-refractivity contribution in [1.29, 1.82) is 0 Å². The van der Waals surface area contributed by atoms with Gasteiger partial charge in [0.25, 0.3) is 0 Å². The van der Waals surface area contributed by atoms with Gasteiger partial charge in [-0.05, 0) is 62.2 Å². The number of ether oxygens (including phenoxy) is 2. The molecule has 3 aromatic carbocycles. The van der Waals surface area contributed by atoms with Crippen LogP contribution in [0.5, 0.6) is 11.5 Å². The predicted molar refractivity (Wildman–Crippen MR) is 112 cm³/mol. The summed E-state index contributed by atoms with van der Waals surface area (Å²) in [6, 6.07) is 18.4. The highest BCUT2D eigenvalue weighted by Crippen LogP contribution is 2.29. The first-order valence-corrected chi connectivity index (χ1v) is 9.31. The van der Waals surface area contributed by atoms with E-state index in [2.05, 4.69) is 18.0 Å². The topological polar surface area (TPSA) is 30.8 Å². The van der Waals surface area contributed by atoms with Crippen molar-refractivity contribution in [1.82, 2.24) is 0 Å². The molecule has 0 aliphatic rings. The van der Waals surface area contributed by atoms with Crippen molar-refractivity contribution in [3.05, 3.63) is 88.7 Å². The number of rotatable bonds is 7. The molecule has 0 aliphatic carbocycles. The monoisotopic (exact) mass is 377 g/mol. The standard InChI is InChI=1S/C24H24FNO2/c1-4-27-24-14-19(15-26-22-11-9-17(2)13-18(22)3)10-12-23(24)28-16-20-7-5-6-8-21(20)25/h5-15H,4,16H2,1-3H3. The predicted octanol–water partition coefficient (Wildman–Crippen LogP) is 6.17. The van der Waals surface area contributed by atoms with Crippen LogP contribution >= 0.6 is 0 Å². The van der Waals surface area contributed by atoms with Gasteiger partial charge in [0.1, 0.15) is 12.4 Å². The molecular weight excluding hydrogens is 353 g/mol. The maximum atomic E-state index is 13.8. The molecule has 0 aromatic heterocycles. The van der Waals surface area contributed by atoms with E-state index in [-0.39, 0.29) is 12.4 Å². The Morgan fingerprint density at radius 3 is 2.50 bits per heavy atom. The first-order chi connectivity index (χ1) is 13.6. The summed E-state index contributed by atoms with van der Waals surface area (Å²) in [7, 11) is 0. The molecular formula is C24H24FNO2. The Morgan fingerprint density at radius 1 is 0.929 bits per heavy atom. The molecule has 0 radical (unpaired) electrons. The molecule has 0 bridgehead atoms. The molecule has 0 saturated heterocycles. The van der Waals surface area contributed by atoms with E-state index in [0.717, 1.165) is 16.8 Å². The zero-order chi connectivity index (χ0) is 19.9. The van der Waals surface area contributed by atoms with E-state index in [4.69, 9.17) is 9.47 Å². The van der Waals surface area contributed by atoms with E-state index in [1.165, 1.54) is 11.6 Å². The van der Waals surface area contributed by atoms with E-state index in [0.29, 0.717) is 23.7 Å². The fraction of sp³-hybridized carbons (Fsp3) is 0.208. The Balaban J connectivity index is 1.78. The van der Waals surface area contributed by atoms with Crippen molar-refractivity contribution in [3.63, 3.8) is 0 Å². The van der Waals surface area contributed by atoms with Gasteiger partial charge in [0.15, 0.2) is 11.5 Å². The number of hydrogen-bond acceptors (Lipinski definition) is 3. The van der Waals surface area contributed by atoms with Crippen LogP contribution in [-0.4, -0.2) is 12.8 Å². The molecule has 0 atom stereocenters. The smallest absolute Gasteiger partial charge is 0.161 e. The number of aryl methyl sites for hydroxylation is 2. The summed E-state index contributed by atoms with van der Waals surface area (Å²) in [5.74, 6) is 0.912. The molecule has 0 fully saturated rings. The maximum Gasteiger partial charge on any atom is 0.161 e. The summed E-state index contributed by atoms with van der Waals surface area (Å²) in [6.07, 6.45) is 1.81. The van der Waals surface area contributed by atoms with Gasteiger partial charge in [-0.25, -0.2) is 4.39 Å². The largest absolute Gasteiger partial charge is 0.490 e. The molecule has 3 rings (SSSR count). The van der Waals surface area contributed by atoms with Crippen molar-refractivity contribution in [3.8, 4) is 11.5 Å². The average Bonchev–Trinajstić information content (AvgIpc) is 2.68. The van der Waals surface area contributed by atoms with Gasteiger partial charge < -0.3 is 9.47 Å². The van der Waals surface area contributed by atoms with Crippen LogP contribution in [0.15, 0.2) is 65.7 Å². The third-order valence-corrected chi connectivity index (χ3v) is 4.31. The lowest BCUT2D eigenvalue weighted by Gasteiger charge is -2.13. The van der Waals surface area contributed by atoms with Crippen molar-refractivity contribution < 1.29 is 13.9 Å². The Hall–Kier alpha value is -3.14. The van der Waals surface area contributed by atoms with E-state index in [1.807, 2.05) is 44.2 Å². The van der Waals surface area contributed by atoms with Crippen LogP contribution in [0.25, 0.3) is 0 Å². The van der Waals surface area contributed by atoms with E-state index >= 15 is 0 Å². The van der Waals surface area contributed by atoms with E-state index in [1.54, 1.807) is 24.4 Å². The Kier molecular flexibility index (Phi) is 6.43. The molecule has 0 unspecified atom stereocenters. The minimum Gasteiger partial charge on any atom is -0.490 e. The van der Waals surface area contributed by atoms with E-state index in [9.17, 15) is 4.39 Å². The Morgan fingerprint density at radius 2 is 1.75 bits per heavy atom. The first kappa shape index (κ1) is 19.6. The fourth-order valence-electron chi connectivity index (χ4n) is 2.86. The zero-order valence-corrected chi connectivity index (χ0v) is 16.4. The summed E-state index contributed by atoms with van der Waals surface area (Å²) in [4.78, 5) is 4.58. The van der Waals surface area contributed by atoms with Crippen molar-refractivity contribution >= 4 is 11.9 Å². The van der Waals surface area contributed by atoms with Gasteiger partial charge in [-0.2, -0.15) is 0 Å². The average molecular weight is 377 g/mol. The molecule has 144 valence electrons. The number of hydrogen-bond donors (Lipinski definition) is 0. The van der Waals surface area contributed by atoms with Crippen LogP contribution < -0.4 is 9.47 Å². The summed E-state index contributed by atoms with van der Waals surface area (Å²) < 4.78 is 25.3. The van der Waals surface area contributed by atoms with Crippen LogP contribution in [0.3, 0.4) is 0 Å². The molecule has 3 nitrogen and oxygen atoms in total. The lowest BCUT2D eigenvalue weighted by molar-refractivity contribution is 0.266. The van der Waals surface area contributed by atoms with Gasteiger partial charge in [0, 0.05) is 11.8 Å². The first-order valence-electron chi connectivity index (χ1n) is 9.31. The van der Waals surface area contributed by atoms with Gasteiger partial charge in [-0.1, -0.05) is 35.9 Å². The van der Waals surface area contributed by atoms with Gasteiger partial charge in [-0.15, -0.1) is 0 Å². The SMILES string of the molecule is CCOc1cc(C=Nc2ccc(C)cc2C)ccc1OCc1ccccc1F. The highest BCUT2D eigenvalue weighted by atomic mass is 19.1. The maximum absolute atomic E-state index is 13.8. The number of nitrogens with zero attached hydrogens (tertiary/aromatic N) is 1. The third-order valence-electron chi connectivity index (χ3n) is 4.31. The molecule has 28 heavy (non-hydrogen) atoms. The lowest BCUT2D eigenvalue weighted by atomic mass is 10.1. The second kappa shape index (κ2) is 9.18. The number of aliphatic imine (C=N–C) groups is 1. The quantitative estimate of drug-likeness (QED) is 0.461. The molecule has 0 N–H and O–H groups in total. The number of halogens is 1. The molecule has 4 heteroatoms. The van der Waals surface area contributed by atoms with Crippen LogP contribution in [0.2, 0.25) is 0 Å². The summed E-state index contributed by atoms with van der Waals surface area (Å²) in [6.45, 7) is 6.67. The van der Waals surface area contributed by atoms with Gasteiger partial charge in [0.2, 0.25) is 0 Å². The van der Waals surface area contributed by atoms with Gasteiger partial charge in [0.05, 0.1) is 12.3 Å². The summed E-state index contributed by atoms with van der Waals surface area (Å²) >= 11 is 0. The van der Waals surface area contributed by atoms with Crippen LogP contribution in [-0.2, 0) is 6.61 Å². The Bertz CT molecular complexity index is 982. The molecule has 0 amide bonds. The zero-order valence-electron chi connectivity index (χ0n) is 16.4. The summed E-state index contributed by atoms with van der Waals surface area (Å²) in [5, 5.41) is 0.